The summed E-state index contributed by atoms with van der Waals surface area (Å²) in [4.78, 5) is 16.5. The minimum atomic E-state index is 0.103. The molecule has 0 fully saturated rings. The van der Waals surface area contributed by atoms with E-state index in [2.05, 4.69) is 16.4 Å². The number of para-hydroxylation sites is 1. The third-order valence-corrected chi connectivity index (χ3v) is 5.29. The van der Waals surface area contributed by atoms with Crippen LogP contribution < -0.4 is 0 Å². The molecular weight excluding hydrogens is 274 g/mol. The minimum absolute atomic E-state index is 0.103. The molecule has 4 aromatic rings. The van der Waals surface area contributed by atoms with Gasteiger partial charge < -0.3 is 4.98 Å². The van der Waals surface area contributed by atoms with Crippen molar-refractivity contribution in [3.05, 3.63) is 58.4 Å². The van der Waals surface area contributed by atoms with Crippen molar-refractivity contribution in [3.63, 3.8) is 0 Å². The first-order valence-corrected chi connectivity index (χ1v) is 7.60. The van der Waals surface area contributed by atoms with Gasteiger partial charge in [-0.1, -0.05) is 18.2 Å². The molecule has 0 spiro atoms. The molecule has 0 atom stereocenters. The van der Waals surface area contributed by atoms with E-state index in [4.69, 9.17) is 0 Å². The van der Waals surface area contributed by atoms with Crippen LogP contribution in [-0.2, 0) is 0 Å². The standard InChI is InChI=1S/C15H9NOS2/c17-15(14-7-13-12(19-14)5-6-18-13)10-8-16-11-4-2-1-3-9(10)11/h1-8,16H. The maximum atomic E-state index is 12.6. The Kier molecular flexibility index (Phi) is 2.33. The highest BCUT2D eigenvalue weighted by Gasteiger charge is 2.16. The number of hydrogen-bond donors (Lipinski definition) is 1. The van der Waals surface area contributed by atoms with Gasteiger partial charge >= 0.3 is 0 Å². The summed E-state index contributed by atoms with van der Waals surface area (Å²) < 4.78 is 2.38. The van der Waals surface area contributed by atoms with Crippen LogP contribution in [0.1, 0.15) is 15.2 Å². The zero-order valence-corrected chi connectivity index (χ0v) is 11.5. The first-order chi connectivity index (χ1) is 9.33. The molecule has 0 saturated heterocycles. The van der Waals surface area contributed by atoms with Crippen LogP contribution >= 0.6 is 22.7 Å². The van der Waals surface area contributed by atoms with Crippen molar-refractivity contribution in [1.82, 2.24) is 4.98 Å². The van der Waals surface area contributed by atoms with Crippen LogP contribution in [0.25, 0.3) is 20.3 Å². The summed E-state index contributed by atoms with van der Waals surface area (Å²) in [7, 11) is 0. The number of carbonyl (C=O) groups is 1. The summed E-state index contributed by atoms with van der Waals surface area (Å²) in [5, 5.41) is 3.05. The number of fused-ring (bicyclic) bond motifs is 2. The number of aromatic amines is 1. The molecule has 0 unspecified atom stereocenters. The summed E-state index contributed by atoms with van der Waals surface area (Å²) >= 11 is 3.24. The second-order valence-corrected chi connectivity index (χ2v) is 6.37. The molecule has 0 aliphatic heterocycles. The fraction of sp³-hybridized carbons (Fsp3) is 0. The van der Waals surface area contributed by atoms with Crippen molar-refractivity contribution in [3.8, 4) is 0 Å². The van der Waals surface area contributed by atoms with Gasteiger partial charge in [-0.15, -0.1) is 22.7 Å². The molecule has 3 aromatic heterocycles. The number of ketones is 1. The maximum Gasteiger partial charge on any atom is 0.205 e. The van der Waals surface area contributed by atoms with Crippen molar-refractivity contribution < 1.29 is 4.79 Å². The van der Waals surface area contributed by atoms with Gasteiger partial charge in [-0.25, -0.2) is 0 Å². The van der Waals surface area contributed by atoms with E-state index in [1.54, 1.807) is 28.9 Å². The average molecular weight is 283 g/mol. The summed E-state index contributed by atoms with van der Waals surface area (Å²) in [5.41, 5.74) is 1.76. The van der Waals surface area contributed by atoms with E-state index in [1.807, 2.05) is 30.3 Å². The minimum Gasteiger partial charge on any atom is -0.360 e. The van der Waals surface area contributed by atoms with Crippen LogP contribution in [0.2, 0.25) is 0 Å². The highest BCUT2D eigenvalue weighted by atomic mass is 32.1. The van der Waals surface area contributed by atoms with Crippen LogP contribution in [-0.4, -0.2) is 10.8 Å². The van der Waals surface area contributed by atoms with Crippen molar-refractivity contribution in [1.29, 1.82) is 0 Å². The summed E-state index contributed by atoms with van der Waals surface area (Å²) in [5.74, 6) is 0.103. The third-order valence-electron chi connectivity index (χ3n) is 3.20. The Balaban J connectivity index is 1.87. The number of carbonyl (C=O) groups excluding carboxylic acids is 1. The zero-order valence-electron chi connectivity index (χ0n) is 9.84. The summed E-state index contributed by atoms with van der Waals surface area (Å²) in [6.45, 7) is 0. The second-order valence-electron chi connectivity index (χ2n) is 4.34. The maximum absolute atomic E-state index is 12.6. The lowest BCUT2D eigenvalue weighted by molar-refractivity contribution is 0.104. The molecule has 0 saturated carbocycles. The molecule has 1 aromatic carbocycles. The largest absolute Gasteiger partial charge is 0.360 e. The van der Waals surface area contributed by atoms with Crippen molar-refractivity contribution >= 4 is 48.8 Å². The van der Waals surface area contributed by atoms with E-state index in [0.717, 1.165) is 21.3 Å². The first-order valence-electron chi connectivity index (χ1n) is 5.91. The van der Waals surface area contributed by atoms with E-state index in [0.29, 0.717) is 0 Å². The average Bonchev–Trinajstić information content (AvgIpc) is 3.11. The van der Waals surface area contributed by atoms with Crippen LogP contribution in [0.5, 0.6) is 0 Å². The predicted molar refractivity (Wildman–Crippen MR) is 81.4 cm³/mol. The Bertz CT molecular complexity index is 868. The number of thiophene rings is 2. The molecule has 2 nitrogen and oxygen atoms in total. The Morgan fingerprint density at radius 1 is 1.11 bits per heavy atom. The molecular formula is C15H9NOS2. The highest BCUT2D eigenvalue weighted by molar-refractivity contribution is 7.28. The van der Waals surface area contributed by atoms with Gasteiger partial charge in [0.15, 0.2) is 0 Å². The van der Waals surface area contributed by atoms with E-state index in [9.17, 15) is 4.79 Å². The normalized spacial score (nSPS) is 11.4. The number of aromatic nitrogens is 1. The van der Waals surface area contributed by atoms with Crippen molar-refractivity contribution in [2.45, 2.75) is 0 Å². The summed E-state index contributed by atoms with van der Waals surface area (Å²) in [6, 6.07) is 12.0. The van der Waals surface area contributed by atoms with E-state index < -0.39 is 0 Å². The second kappa shape index (κ2) is 4.05. The number of nitrogens with one attached hydrogen (secondary N) is 1. The Morgan fingerprint density at radius 2 is 2.00 bits per heavy atom. The topological polar surface area (TPSA) is 32.9 Å². The lowest BCUT2D eigenvalue weighted by Crippen LogP contribution is -1.96. The smallest absolute Gasteiger partial charge is 0.205 e. The molecule has 0 bridgehead atoms. The molecule has 19 heavy (non-hydrogen) atoms. The fourth-order valence-corrected chi connectivity index (χ4v) is 4.33. The Hall–Kier alpha value is -1.91. The van der Waals surface area contributed by atoms with Gasteiger partial charge in [-0.05, 0) is 23.6 Å². The fourth-order valence-electron chi connectivity index (χ4n) is 2.27. The molecule has 0 radical (unpaired) electrons. The molecule has 4 heteroatoms. The zero-order chi connectivity index (χ0) is 12.8. The number of hydrogen-bond acceptors (Lipinski definition) is 3. The van der Waals surface area contributed by atoms with Gasteiger partial charge in [-0.2, -0.15) is 0 Å². The van der Waals surface area contributed by atoms with Crippen LogP contribution in [0.3, 0.4) is 0 Å². The SMILES string of the molecule is O=C(c1cc2sccc2s1)c1c[nH]c2ccccc12. The highest BCUT2D eigenvalue weighted by Crippen LogP contribution is 2.32. The van der Waals surface area contributed by atoms with E-state index in [1.165, 1.54) is 9.40 Å². The third kappa shape index (κ3) is 1.64. The van der Waals surface area contributed by atoms with Gasteiger partial charge in [0.05, 0.1) is 4.88 Å². The molecule has 0 aliphatic rings. The Morgan fingerprint density at radius 3 is 2.89 bits per heavy atom. The number of benzene rings is 1. The molecule has 92 valence electrons. The molecule has 0 aliphatic carbocycles. The van der Waals surface area contributed by atoms with Gasteiger partial charge in [0.25, 0.3) is 0 Å². The van der Waals surface area contributed by atoms with Gasteiger partial charge in [0.1, 0.15) is 0 Å². The van der Waals surface area contributed by atoms with Crippen molar-refractivity contribution in [2.75, 3.05) is 0 Å². The van der Waals surface area contributed by atoms with Crippen molar-refractivity contribution in [2.24, 2.45) is 0 Å². The van der Waals surface area contributed by atoms with Gasteiger partial charge in [0.2, 0.25) is 5.78 Å². The lowest BCUT2D eigenvalue weighted by atomic mass is 10.1. The van der Waals surface area contributed by atoms with Crippen LogP contribution in [0, 0.1) is 0 Å². The first kappa shape index (κ1) is 11.0. The van der Waals surface area contributed by atoms with E-state index >= 15 is 0 Å². The number of H-pyrrole nitrogens is 1. The quantitative estimate of drug-likeness (QED) is 0.532. The molecule has 0 amide bonds. The molecule has 4 rings (SSSR count). The van der Waals surface area contributed by atoms with E-state index in [-0.39, 0.29) is 5.78 Å². The Labute approximate surface area is 117 Å². The molecule has 1 N–H and O–H groups in total. The van der Waals surface area contributed by atoms with Crippen LogP contribution in [0.4, 0.5) is 0 Å². The lowest BCUT2D eigenvalue weighted by Gasteiger charge is -1.95. The number of rotatable bonds is 2. The predicted octanol–water partition coefficient (Wildman–Crippen LogP) is 4.68. The monoisotopic (exact) mass is 283 g/mol. The van der Waals surface area contributed by atoms with Crippen LogP contribution in [0.15, 0.2) is 48.0 Å². The summed E-state index contributed by atoms with van der Waals surface area (Å²) in [6.07, 6.45) is 1.81. The van der Waals surface area contributed by atoms with Gasteiger partial charge in [-0.3, -0.25) is 4.79 Å². The van der Waals surface area contributed by atoms with Gasteiger partial charge in [0, 0.05) is 32.1 Å². The molecule has 3 heterocycles.